The number of anilines is 1. The highest BCUT2D eigenvalue weighted by Crippen LogP contribution is 2.41. The van der Waals surface area contributed by atoms with Crippen LogP contribution in [0.15, 0.2) is 42.5 Å². The van der Waals surface area contributed by atoms with Crippen molar-refractivity contribution in [2.45, 2.75) is 6.92 Å². The first-order valence-corrected chi connectivity index (χ1v) is 7.13. The van der Waals surface area contributed by atoms with Gasteiger partial charge in [-0.05, 0) is 30.3 Å². The van der Waals surface area contributed by atoms with Crippen LogP contribution in [0.4, 0.5) is 14.5 Å². The smallest absolute Gasteiger partial charge is 0.269 e. The molecule has 0 N–H and O–H groups in total. The van der Waals surface area contributed by atoms with Gasteiger partial charge in [-0.3, -0.25) is 9.59 Å². The Bertz CT molecular complexity index is 890. The number of ether oxygens (including phenoxy) is 1. The summed E-state index contributed by atoms with van der Waals surface area (Å²) >= 11 is 0. The molecule has 1 heterocycles. The van der Waals surface area contributed by atoms with Crippen LogP contribution in [-0.2, 0) is 14.3 Å². The molecular weight excluding hydrogens is 316 g/mol. The maximum atomic E-state index is 13.6. The van der Waals surface area contributed by atoms with Crippen molar-refractivity contribution < 1.29 is 23.1 Å². The van der Waals surface area contributed by atoms with Crippen molar-refractivity contribution >= 4 is 28.8 Å². The number of rotatable bonds is 2. The van der Waals surface area contributed by atoms with E-state index >= 15 is 0 Å². The Morgan fingerprint density at radius 3 is 2.42 bits per heavy atom. The Labute approximate surface area is 137 Å². The maximum absolute atomic E-state index is 13.6. The monoisotopic (exact) mass is 329 g/mol. The second-order valence-electron chi connectivity index (χ2n) is 5.24. The molecule has 4 nitrogen and oxygen atoms in total. The molecule has 0 unspecified atom stereocenters. The van der Waals surface area contributed by atoms with Crippen LogP contribution in [0, 0.1) is 11.6 Å². The number of hydrogen-bond donors (Lipinski definition) is 0. The van der Waals surface area contributed by atoms with Crippen LogP contribution >= 0.6 is 0 Å². The summed E-state index contributed by atoms with van der Waals surface area (Å²) in [6.45, 7) is 1.21. The van der Waals surface area contributed by atoms with Crippen LogP contribution in [0.3, 0.4) is 0 Å². The number of carbonyl (C=O) groups excluding carboxylic acids is 2. The summed E-state index contributed by atoms with van der Waals surface area (Å²) in [5.74, 6) is -2.12. The SMILES string of the molecule is CO/C(=C1/C(=O)N(C(C)=O)c2cc(F)ccc21)c1cccc(F)c1. The average molecular weight is 329 g/mol. The Hall–Kier alpha value is -3.02. The van der Waals surface area contributed by atoms with Crippen molar-refractivity contribution in [1.29, 1.82) is 0 Å². The molecule has 3 rings (SSSR count). The lowest BCUT2D eigenvalue weighted by Gasteiger charge is -2.12. The molecule has 0 aliphatic carbocycles. The fraction of sp³-hybridized carbons (Fsp3) is 0.111. The molecule has 0 aromatic heterocycles. The van der Waals surface area contributed by atoms with Gasteiger partial charge < -0.3 is 4.74 Å². The highest BCUT2D eigenvalue weighted by molar-refractivity contribution is 6.42. The van der Waals surface area contributed by atoms with Crippen molar-refractivity contribution in [3.8, 4) is 0 Å². The zero-order valence-corrected chi connectivity index (χ0v) is 13.0. The number of nitrogens with zero attached hydrogens (tertiary/aromatic N) is 1. The minimum atomic E-state index is -0.635. The number of hydrogen-bond acceptors (Lipinski definition) is 3. The van der Waals surface area contributed by atoms with Crippen LogP contribution in [0.5, 0.6) is 0 Å². The number of fused-ring (bicyclic) bond motifs is 1. The second kappa shape index (κ2) is 5.88. The molecule has 24 heavy (non-hydrogen) atoms. The van der Waals surface area contributed by atoms with Crippen LogP contribution in [0.25, 0.3) is 11.3 Å². The normalized spacial score (nSPS) is 15.3. The van der Waals surface area contributed by atoms with E-state index in [0.717, 1.165) is 11.0 Å². The van der Waals surface area contributed by atoms with Gasteiger partial charge >= 0.3 is 0 Å². The van der Waals surface area contributed by atoms with Gasteiger partial charge in [0.1, 0.15) is 17.4 Å². The molecule has 1 aliphatic heterocycles. The minimum Gasteiger partial charge on any atom is -0.495 e. The molecule has 122 valence electrons. The molecule has 2 aromatic rings. The number of methoxy groups -OCH3 is 1. The average Bonchev–Trinajstić information content (AvgIpc) is 2.80. The number of imide groups is 1. The van der Waals surface area contributed by atoms with Crippen LogP contribution in [0.2, 0.25) is 0 Å². The van der Waals surface area contributed by atoms with E-state index in [1.807, 2.05) is 0 Å². The molecule has 0 spiro atoms. The molecular formula is C18H13F2NO3. The standard InChI is InChI=1S/C18H13F2NO3/c1-10(22)21-15-9-13(20)6-7-14(15)16(18(21)23)17(24-2)11-4-3-5-12(19)8-11/h3-9H,1-2H3/b17-16+. The summed E-state index contributed by atoms with van der Waals surface area (Å²) in [6.07, 6.45) is 0. The Kier molecular flexibility index (Phi) is 3.89. The van der Waals surface area contributed by atoms with Gasteiger partial charge in [0.15, 0.2) is 0 Å². The summed E-state index contributed by atoms with van der Waals surface area (Å²) in [4.78, 5) is 25.4. The Balaban J connectivity index is 2.30. The number of carbonyl (C=O) groups is 2. The summed E-state index contributed by atoms with van der Waals surface area (Å²) < 4.78 is 32.4. The first-order valence-electron chi connectivity index (χ1n) is 7.13. The lowest BCUT2D eigenvalue weighted by molar-refractivity contribution is -0.122. The Morgan fingerprint density at radius 2 is 1.79 bits per heavy atom. The molecule has 2 amide bonds. The Morgan fingerprint density at radius 1 is 1.08 bits per heavy atom. The first-order chi connectivity index (χ1) is 11.4. The van der Waals surface area contributed by atoms with E-state index in [1.54, 1.807) is 6.07 Å². The van der Waals surface area contributed by atoms with E-state index < -0.39 is 23.4 Å². The fourth-order valence-corrected chi connectivity index (χ4v) is 2.76. The van der Waals surface area contributed by atoms with Crippen molar-refractivity contribution in [1.82, 2.24) is 0 Å². The van der Waals surface area contributed by atoms with E-state index in [4.69, 9.17) is 4.74 Å². The molecule has 0 saturated heterocycles. The second-order valence-corrected chi connectivity index (χ2v) is 5.24. The molecule has 6 heteroatoms. The summed E-state index contributed by atoms with van der Waals surface area (Å²) in [5, 5.41) is 0. The molecule has 0 radical (unpaired) electrons. The van der Waals surface area contributed by atoms with Crippen LogP contribution in [0.1, 0.15) is 18.1 Å². The van der Waals surface area contributed by atoms with E-state index in [0.29, 0.717) is 11.1 Å². The van der Waals surface area contributed by atoms with Gasteiger partial charge in [0.25, 0.3) is 5.91 Å². The lowest BCUT2D eigenvalue weighted by atomic mass is 10.0. The lowest BCUT2D eigenvalue weighted by Crippen LogP contribution is -2.31. The first kappa shape index (κ1) is 15.9. The van der Waals surface area contributed by atoms with Gasteiger partial charge in [-0.2, -0.15) is 0 Å². The van der Waals surface area contributed by atoms with Gasteiger partial charge in [-0.15, -0.1) is 0 Å². The molecule has 0 bridgehead atoms. The predicted octanol–water partition coefficient (Wildman–Crippen LogP) is 3.37. The molecule has 0 fully saturated rings. The van der Waals surface area contributed by atoms with E-state index in [9.17, 15) is 18.4 Å². The van der Waals surface area contributed by atoms with Gasteiger partial charge in [0.05, 0.1) is 18.4 Å². The third kappa shape index (κ3) is 2.46. The van der Waals surface area contributed by atoms with E-state index in [-0.39, 0.29) is 17.0 Å². The van der Waals surface area contributed by atoms with Crippen LogP contribution < -0.4 is 4.90 Å². The number of halogens is 2. The molecule has 0 atom stereocenters. The molecule has 1 aliphatic rings. The topological polar surface area (TPSA) is 46.6 Å². The number of benzene rings is 2. The zero-order chi connectivity index (χ0) is 17.4. The van der Waals surface area contributed by atoms with Crippen LogP contribution in [-0.4, -0.2) is 18.9 Å². The summed E-state index contributed by atoms with van der Waals surface area (Å²) in [5.41, 5.74) is 0.945. The molecule has 0 saturated carbocycles. The summed E-state index contributed by atoms with van der Waals surface area (Å²) in [7, 11) is 1.35. The van der Waals surface area contributed by atoms with Crippen molar-refractivity contribution in [3.05, 3.63) is 65.2 Å². The highest BCUT2D eigenvalue weighted by atomic mass is 19.1. The van der Waals surface area contributed by atoms with Crippen molar-refractivity contribution in [2.24, 2.45) is 0 Å². The van der Waals surface area contributed by atoms with Gasteiger partial charge in [-0.25, -0.2) is 13.7 Å². The van der Waals surface area contributed by atoms with Gasteiger partial charge in [0, 0.05) is 18.1 Å². The van der Waals surface area contributed by atoms with Gasteiger partial charge in [-0.1, -0.05) is 12.1 Å². The predicted molar refractivity (Wildman–Crippen MR) is 84.8 cm³/mol. The zero-order valence-electron chi connectivity index (χ0n) is 13.0. The fourth-order valence-electron chi connectivity index (χ4n) is 2.76. The van der Waals surface area contributed by atoms with Crippen molar-refractivity contribution in [2.75, 3.05) is 12.0 Å². The molecule has 2 aromatic carbocycles. The third-order valence-electron chi connectivity index (χ3n) is 3.72. The minimum absolute atomic E-state index is 0.0910. The maximum Gasteiger partial charge on any atom is 0.269 e. The summed E-state index contributed by atoms with van der Waals surface area (Å²) in [6, 6.07) is 9.26. The highest BCUT2D eigenvalue weighted by Gasteiger charge is 2.38. The van der Waals surface area contributed by atoms with Gasteiger partial charge in [0.2, 0.25) is 5.91 Å². The van der Waals surface area contributed by atoms with Crippen molar-refractivity contribution in [3.63, 3.8) is 0 Å². The van der Waals surface area contributed by atoms with E-state index in [1.165, 1.54) is 44.4 Å². The number of amides is 2. The third-order valence-corrected chi connectivity index (χ3v) is 3.72. The van der Waals surface area contributed by atoms with E-state index in [2.05, 4.69) is 0 Å². The quantitative estimate of drug-likeness (QED) is 0.627. The largest absolute Gasteiger partial charge is 0.495 e.